The van der Waals surface area contributed by atoms with Crippen molar-refractivity contribution in [2.45, 2.75) is 11.1 Å². The highest BCUT2D eigenvalue weighted by atomic mass is 32.2. The topological polar surface area (TPSA) is 136 Å². The number of hydrogen-bond donors (Lipinski definition) is 4. The van der Waals surface area contributed by atoms with Gasteiger partial charge < -0.3 is 16.6 Å². The Kier molecular flexibility index (Phi) is 5.79. The van der Waals surface area contributed by atoms with Gasteiger partial charge in [0.15, 0.2) is 0 Å². The number of aromatic hydroxyl groups is 1. The Morgan fingerprint density at radius 3 is 2.48 bits per heavy atom. The molecule has 12 heteroatoms. The van der Waals surface area contributed by atoms with E-state index in [4.69, 9.17) is 16.7 Å². The molecular weight excluding hydrogens is 413 g/mol. The van der Waals surface area contributed by atoms with Crippen molar-refractivity contribution in [3.8, 4) is 5.75 Å². The Labute approximate surface area is 165 Å². The van der Waals surface area contributed by atoms with E-state index in [1.54, 1.807) is 12.1 Å². The second-order valence-electron chi connectivity index (χ2n) is 5.71. The van der Waals surface area contributed by atoms with Crippen molar-refractivity contribution < 1.29 is 32.9 Å². The van der Waals surface area contributed by atoms with Gasteiger partial charge in [0.1, 0.15) is 11.4 Å². The van der Waals surface area contributed by atoms with E-state index >= 15 is 0 Å². The summed E-state index contributed by atoms with van der Waals surface area (Å²) in [6.07, 6.45) is -4.70. The van der Waals surface area contributed by atoms with Crippen molar-refractivity contribution in [2.75, 3.05) is 11.5 Å². The van der Waals surface area contributed by atoms with E-state index in [1.165, 1.54) is 18.2 Å². The summed E-state index contributed by atoms with van der Waals surface area (Å²) in [5.41, 5.74) is 9.68. The van der Waals surface area contributed by atoms with E-state index in [2.05, 4.69) is 19.6 Å². The number of nitrogen functional groups attached to an aromatic ring is 2. The Morgan fingerprint density at radius 1 is 1.03 bits per heavy atom. The number of alkyl halides is 3. The largest absolute Gasteiger partial charge is 0.507 e. The van der Waals surface area contributed by atoms with Crippen LogP contribution in [0.25, 0.3) is 10.8 Å². The first-order chi connectivity index (χ1) is 13.7. The first-order valence-electron chi connectivity index (χ1n) is 7.79. The van der Waals surface area contributed by atoms with Crippen LogP contribution in [-0.4, -0.2) is 10.4 Å². The van der Waals surface area contributed by atoms with Gasteiger partial charge in [0.05, 0.1) is 39.3 Å². The molecule has 3 rings (SSSR count). The fourth-order valence-corrected chi connectivity index (χ4v) is 3.07. The maximum absolute atomic E-state index is 13.3. The Hall–Kier alpha value is -3.06. The van der Waals surface area contributed by atoms with Crippen molar-refractivity contribution in [1.29, 1.82) is 0 Å². The van der Waals surface area contributed by atoms with Gasteiger partial charge in [0, 0.05) is 5.69 Å². The van der Waals surface area contributed by atoms with Crippen LogP contribution in [0.5, 0.6) is 5.75 Å². The average Bonchev–Trinajstić information content (AvgIpc) is 2.66. The summed E-state index contributed by atoms with van der Waals surface area (Å²) in [7, 11) is 0. The molecule has 3 aromatic carbocycles. The summed E-state index contributed by atoms with van der Waals surface area (Å²) >= 11 is 0.536. The van der Waals surface area contributed by atoms with Crippen molar-refractivity contribution in [1.82, 2.24) is 0 Å². The van der Waals surface area contributed by atoms with Crippen molar-refractivity contribution in [3.63, 3.8) is 0 Å². The highest BCUT2D eigenvalue weighted by Crippen LogP contribution is 2.45. The summed E-state index contributed by atoms with van der Waals surface area (Å²) in [6, 6.07) is 9.10. The lowest BCUT2D eigenvalue weighted by Crippen LogP contribution is -2.06. The molecule has 0 radical (unpaired) electrons. The van der Waals surface area contributed by atoms with Crippen LogP contribution in [0.4, 0.5) is 35.9 Å². The normalized spacial score (nSPS) is 12.1. The van der Waals surface area contributed by atoms with E-state index in [1.807, 2.05) is 0 Å². The molecule has 0 aliphatic carbocycles. The van der Waals surface area contributed by atoms with Crippen molar-refractivity contribution >= 4 is 45.6 Å². The van der Waals surface area contributed by atoms with Gasteiger partial charge in [-0.25, -0.2) is 5.26 Å². The van der Waals surface area contributed by atoms with Gasteiger partial charge in [0.25, 0.3) is 0 Å². The third kappa shape index (κ3) is 4.35. The van der Waals surface area contributed by atoms with Gasteiger partial charge in [-0.2, -0.15) is 13.2 Å². The number of phenols is 1. The number of anilines is 2. The molecule has 3 aromatic rings. The Morgan fingerprint density at radius 2 is 1.79 bits per heavy atom. The zero-order valence-electron chi connectivity index (χ0n) is 14.3. The number of nitrogens with zero attached hydrogens (tertiary/aromatic N) is 2. The number of azo groups is 1. The van der Waals surface area contributed by atoms with Crippen molar-refractivity contribution in [2.24, 2.45) is 10.2 Å². The molecule has 0 heterocycles. The van der Waals surface area contributed by atoms with Crippen LogP contribution in [0.3, 0.4) is 0 Å². The minimum absolute atomic E-state index is 0.0613. The number of halogens is 3. The maximum atomic E-state index is 13.3. The van der Waals surface area contributed by atoms with E-state index in [-0.39, 0.29) is 33.1 Å². The first kappa shape index (κ1) is 20.7. The highest BCUT2D eigenvalue weighted by molar-refractivity contribution is 7.94. The lowest BCUT2D eigenvalue weighted by molar-refractivity contribution is -0.432. The summed E-state index contributed by atoms with van der Waals surface area (Å²) < 4.78 is 44.2. The monoisotopic (exact) mass is 426 g/mol. The second-order valence-corrected chi connectivity index (χ2v) is 6.46. The fourth-order valence-electron chi connectivity index (χ4n) is 2.60. The molecule has 152 valence electrons. The molecule has 0 saturated carbocycles. The molecule has 0 aliphatic rings. The second kappa shape index (κ2) is 8.13. The molecule has 0 saturated heterocycles. The van der Waals surface area contributed by atoms with Crippen LogP contribution in [0.2, 0.25) is 0 Å². The molecule has 0 aromatic heterocycles. The van der Waals surface area contributed by atoms with E-state index in [0.29, 0.717) is 17.4 Å². The quantitative estimate of drug-likeness (QED) is 0.138. The summed E-state index contributed by atoms with van der Waals surface area (Å²) in [4.78, 5) is 0.222. The Balaban J connectivity index is 2.19. The number of fused-ring (bicyclic) bond motifs is 1. The third-order valence-corrected chi connectivity index (χ3v) is 4.50. The van der Waals surface area contributed by atoms with Gasteiger partial charge in [-0.15, -0.1) is 14.6 Å². The van der Waals surface area contributed by atoms with Gasteiger partial charge in [-0.1, -0.05) is 17.2 Å². The predicted molar refractivity (Wildman–Crippen MR) is 101 cm³/mol. The standard InChI is InChI=1S/C17H13F3N4O4S/c18-17(19,20)10-7-9(21)4-5-11(10)23-24-16-14-8(2-1-3-12(14)25)6-13(15(16)22)29-28-27-26/h1-7,25-26H,21-22H2. The van der Waals surface area contributed by atoms with E-state index in [9.17, 15) is 18.3 Å². The smallest absolute Gasteiger partial charge is 0.418 e. The molecule has 6 N–H and O–H groups in total. The molecule has 0 amide bonds. The lowest BCUT2D eigenvalue weighted by Gasteiger charge is -2.12. The summed E-state index contributed by atoms with van der Waals surface area (Å²) in [5, 5.41) is 30.3. The first-order valence-corrected chi connectivity index (χ1v) is 8.54. The number of hydrogen-bond acceptors (Lipinski definition) is 9. The van der Waals surface area contributed by atoms with Gasteiger partial charge in [-0.3, -0.25) is 0 Å². The molecule has 0 bridgehead atoms. The van der Waals surface area contributed by atoms with E-state index in [0.717, 1.165) is 12.1 Å². The maximum Gasteiger partial charge on any atom is 0.418 e. The number of phenolic OH excluding ortho intramolecular Hbond substituents is 1. The summed E-state index contributed by atoms with van der Waals surface area (Å²) in [6.45, 7) is 0. The molecule has 0 unspecified atom stereocenters. The molecule has 0 atom stereocenters. The number of nitrogens with two attached hydrogens (primary N) is 2. The zero-order chi connectivity index (χ0) is 21.2. The number of rotatable bonds is 5. The minimum Gasteiger partial charge on any atom is -0.507 e. The predicted octanol–water partition coefficient (Wildman–Crippen LogP) is 5.57. The van der Waals surface area contributed by atoms with Crippen LogP contribution in [0.1, 0.15) is 5.56 Å². The van der Waals surface area contributed by atoms with Crippen LogP contribution >= 0.6 is 12.0 Å². The fraction of sp³-hybridized carbons (Fsp3) is 0.0588. The van der Waals surface area contributed by atoms with Gasteiger partial charge in [0.2, 0.25) is 0 Å². The molecule has 8 nitrogen and oxygen atoms in total. The number of benzene rings is 3. The van der Waals surface area contributed by atoms with Crippen LogP contribution in [0, 0.1) is 0 Å². The third-order valence-electron chi connectivity index (χ3n) is 3.86. The SMILES string of the molecule is Nc1ccc(N=Nc2c(N)c(SOOO)cc3cccc(O)c23)c(C(F)(F)F)c1. The molecule has 0 fully saturated rings. The van der Waals surface area contributed by atoms with Gasteiger partial charge >= 0.3 is 6.18 Å². The zero-order valence-corrected chi connectivity index (χ0v) is 15.2. The van der Waals surface area contributed by atoms with Crippen LogP contribution in [0.15, 0.2) is 57.6 Å². The summed E-state index contributed by atoms with van der Waals surface area (Å²) in [5.74, 6) is -0.202. The molecule has 29 heavy (non-hydrogen) atoms. The lowest BCUT2D eigenvalue weighted by atomic mass is 10.1. The van der Waals surface area contributed by atoms with Gasteiger partial charge in [-0.05, 0) is 35.7 Å². The molecular formula is C17H13F3N4O4S. The van der Waals surface area contributed by atoms with Crippen LogP contribution in [-0.2, 0) is 15.5 Å². The minimum atomic E-state index is -4.70. The highest BCUT2D eigenvalue weighted by Gasteiger charge is 2.34. The Bertz CT molecular complexity index is 1090. The molecule has 0 aliphatic heterocycles. The average molecular weight is 426 g/mol. The molecule has 0 spiro atoms. The van der Waals surface area contributed by atoms with Crippen LogP contribution < -0.4 is 11.5 Å². The van der Waals surface area contributed by atoms with Crippen molar-refractivity contribution in [3.05, 3.63) is 48.0 Å². The van der Waals surface area contributed by atoms with E-state index < -0.39 is 17.4 Å².